The van der Waals surface area contributed by atoms with E-state index in [9.17, 15) is 18.0 Å². The van der Waals surface area contributed by atoms with Gasteiger partial charge in [-0.25, -0.2) is 8.42 Å². The second-order valence-corrected chi connectivity index (χ2v) is 12.7. The molecule has 0 unspecified atom stereocenters. The molecular weight excluding hydrogens is 450 g/mol. The van der Waals surface area contributed by atoms with E-state index in [4.69, 9.17) is 0 Å². The fourth-order valence-electron chi connectivity index (χ4n) is 5.90. The van der Waals surface area contributed by atoms with E-state index in [1.165, 1.54) is 17.1 Å². The maximum absolute atomic E-state index is 13.5. The Balaban J connectivity index is 1.28. The molecule has 3 fully saturated rings. The zero-order chi connectivity index (χ0) is 23.9. The quantitative estimate of drug-likeness (QED) is 0.643. The Morgan fingerprint density at radius 1 is 0.941 bits per heavy atom. The molecule has 2 amide bonds. The van der Waals surface area contributed by atoms with Gasteiger partial charge in [-0.2, -0.15) is 4.31 Å². The molecule has 7 nitrogen and oxygen atoms in total. The van der Waals surface area contributed by atoms with Crippen LogP contribution in [0, 0.1) is 11.8 Å². The number of nitrogens with zero attached hydrogens (tertiary/aromatic N) is 2. The first-order chi connectivity index (χ1) is 16.3. The van der Waals surface area contributed by atoms with Crippen LogP contribution in [0.1, 0.15) is 76.7 Å². The summed E-state index contributed by atoms with van der Waals surface area (Å²) >= 11 is 0. The number of rotatable bonds is 5. The predicted molar refractivity (Wildman–Crippen MR) is 131 cm³/mol. The summed E-state index contributed by atoms with van der Waals surface area (Å²) in [6.45, 7) is 2.70. The summed E-state index contributed by atoms with van der Waals surface area (Å²) < 4.78 is 28.5. The lowest BCUT2D eigenvalue weighted by molar-refractivity contribution is -0.127. The Labute approximate surface area is 203 Å². The van der Waals surface area contributed by atoms with Gasteiger partial charge in [0.2, 0.25) is 21.8 Å². The maximum atomic E-state index is 13.5. The van der Waals surface area contributed by atoms with Gasteiger partial charge < -0.3 is 10.2 Å². The van der Waals surface area contributed by atoms with Crippen molar-refractivity contribution in [3.63, 3.8) is 0 Å². The molecule has 34 heavy (non-hydrogen) atoms. The van der Waals surface area contributed by atoms with Crippen molar-refractivity contribution >= 4 is 27.5 Å². The lowest BCUT2D eigenvalue weighted by Crippen LogP contribution is -2.47. The number of amides is 2. The second-order valence-electron chi connectivity index (χ2n) is 10.7. The average Bonchev–Trinajstić information content (AvgIpc) is 3.65. The second kappa shape index (κ2) is 9.61. The molecule has 0 spiro atoms. The van der Waals surface area contributed by atoms with Crippen LogP contribution in [0.3, 0.4) is 0 Å². The molecule has 1 aromatic rings. The highest BCUT2D eigenvalue weighted by molar-refractivity contribution is 7.89. The molecule has 5 rings (SSSR count). The van der Waals surface area contributed by atoms with Crippen LogP contribution in [-0.2, 0) is 26.0 Å². The first-order valence-corrected chi connectivity index (χ1v) is 14.5. The van der Waals surface area contributed by atoms with Crippen molar-refractivity contribution in [2.24, 2.45) is 11.8 Å². The third kappa shape index (κ3) is 4.76. The Bertz CT molecular complexity index is 1040. The van der Waals surface area contributed by atoms with E-state index in [1.807, 2.05) is 11.8 Å². The van der Waals surface area contributed by atoms with Crippen LogP contribution in [0.25, 0.3) is 0 Å². The molecule has 1 aromatic carbocycles. The summed E-state index contributed by atoms with van der Waals surface area (Å²) in [5, 5.41) is 3.21. The van der Waals surface area contributed by atoms with E-state index in [-0.39, 0.29) is 47.2 Å². The van der Waals surface area contributed by atoms with Gasteiger partial charge >= 0.3 is 0 Å². The van der Waals surface area contributed by atoms with Gasteiger partial charge in [-0.1, -0.05) is 25.7 Å². The summed E-state index contributed by atoms with van der Waals surface area (Å²) in [5.74, 6) is 0.00308. The van der Waals surface area contributed by atoms with E-state index in [1.54, 1.807) is 18.2 Å². The van der Waals surface area contributed by atoms with E-state index >= 15 is 0 Å². The molecule has 0 bridgehead atoms. The van der Waals surface area contributed by atoms with E-state index in [0.717, 1.165) is 56.2 Å². The van der Waals surface area contributed by atoms with Crippen LogP contribution in [0.5, 0.6) is 0 Å². The number of nitrogens with one attached hydrogen (secondary N) is 1. The molecule has 2 heterocycles. The van der Waals surface area contributed by atoms with Crippen LogP contribution < -0.4 is 10.2 Å². The minimum absolute atomic E-state index is 0.00353. The largest absolute Gasteiger partial charge is 0.353 e. The van der Waals surface area contributed by atoms with Gasteiger partial charge in [0.15, 0.2) is 0 Å². The first kappa shape index (κ1) is 23.8. The van der Waals surface area contributed by atoms with Gasteiger partial charge in [0.05, 0.1) is 10.8 Å². The van der Waals surface area contributed by atoms with Gasteiger partial charge in [0.1, 0.15) is 0 Å². The topological polar surface area (TPSA) is 86.8 Å². The molecule has 1 saturated heterocycles. The normalized spacial score (nSPS) is 26.7. The maximum Gasteiger partial charge on any atom is 0.243 e. The molecule has 1 N–H and O–H groups in total. The lowest BCUT2D eigenvalue weighted by Gasteiger charge is -2.32. The molecule has 2 atom stereocenters. The summed E-state index contributed by atoms with van der Waals surface area (Å²) in [7, 11) is -3.70. The number of fused-ring (bicyclic) bond motifs is 1. The van der Waals surface area contributed by atoms with Crippen LogP contribution in [0.4, 0.5) is 5.69 Å². The molecule has 186 valence electrons. The monoisotopic (exact) mass is 487 g/mol. The van der Waals surface area contributed by atoms with E-state index < -0.39 is 10.0 Å². The third-order valence-corrected chi connectivity index (χ3v) is 9.89. The van der Waals surface area contributed by atoms with Gasteiger partial charge in [0.25, 0.3) is 0 Å². The summed E-state index contributed by atoms with van der Waals surface area (Å²) in [4.78, 5) is 27.8. The molecular formula is C26H37N3O4S. The van der Waals surface area contributed by atoms with Crippen molar-refractivity contribution in [3.8, 4) is 0 Å². The van der Waals surface area contributed by atoms with Crippen LogP contribution in [-0.4, -0.2) is 49.7 Å². The number of piperidine rings is 1. The summed E-state index contributed by atoms with van der Waals surface area (Å²) in [6, 6.07) is 5.45. The standard InChI is InChI=1S/C26H37N3O4S/c1-18-15-21-16-23(12-13-24(21)29(18)26(31)19-10-11-19)34(32,33)28-14-6-7-20(17-28)25(30)27-22-8-4-2-3-5-9-22/h12-13,16,18-20,22H,2-11,14-15,17H2,1H3,(H,27,30)/t18-,20-/m1/s1. The Kier molecular flexibility index (Phi) is 6.73. The molecule has 0 radical (unpaired) electrons. The van der Waals surface area contributed by atoms with Gasteiger partial charge in [-0.3, -0.25) is 9.59 Å². The highest BCUT2D eigenvalue weighted by atomic mass is 32.2. The zero-order valence-electron chi connectivity index (χ0n) is 20.2. The average molecular weight is 488 g/mol. The molecule has 2 aliphatic heterocycles. The minimum Gasteiger partial charge on any atom is -0.353 e. The summed E-state index contributed by atoms with van der Waals surface area (Å²) in [5.41, 5.74) is 1.77. The molecule has 0 aromatic heterocycles. The number of anilines is 1. The van der Waals surface area contributed by atoms with Crippen LogP contribution in [0.15, 0.2) is 23.1 Å². The van der Waals surface area contributed by atoms with Gasteiger partial charge in [-0.15, -0.1) is 0 Å². The number of hydrogen-bond donors (Lipinski definition) is 1. The Morgan fingerprint density at radius 3 is 2.38 bits per heavy atom. The fraction of sp³-hybridized carbons (Fsp3) is 0.692. The van der Waals surface area contributed by atoms with Crippen molar-refractivity contribution in [3.05, 3.63) is 23.8 Å². The first-order valence-electron chi connectivity index (χ1n) is 13.1. The number of carbonyl (C=O) groups excluding carboxylic acids is 2. The minimum atomic E-state index is -3.70. The number of sulfonamides is 1. The van der Waals surface area contributed by atoms with Gasteiger partial charge in [-0.05, 0) is 75.6 Å². The molecule has 2 saturated carbocycles. The molecule has 2 aliphatic carbocycles. The fourth-order valence-corrected chi connectivity index (χ4v) is 7.47. The van der Waals surface area contributed by atoms with Crippen molar-refractivity contribution in [1.29, 1.82) is 0 Å². The third-order valence-electron chi connectivity index (χ3n) is 8.02. The lowest BCUT2D eigenvalue weighted by atomic mass is 9.97. The smallest absolute Gasteiger partial charge is 0.243 e. The van der Waals surface area contributed by atoms with Crippen molar-refractivity contribution in [2.75, 3.05) is 18.0 Å². The predicted octanol–water partition coefficient (Wildman–Crippen LogP) is 3.61. The Hall–Kier alpha value is -1.93. The van der Waals surface area contributed by atoms with Gasteiger partial charge in [0, 0.05) is 36.8 Å². The van der Waals surface area contributed by atoms with Crippen molar-refractivity contribution in [1.82, 2.24) is 9.62 Å². The summed E-state index contributed by atoms with van der Waals surface area (Å²) in [6.07, 6.45) is 10.8. The number of benzene rings is 1. The zero-order valence-corrected chi connectivity index (χ0v) is 21.0. The highest BCUT2D eigenvalue weighted by Crippen LogP contribution is 2.40. The molecule has 8 heteroatoms. The van der Waals surface area contributed by atoms with Crippen molar-refractivity contribution in [2.45, 2.75) is 94.5 Å². The van der Waals surface area contributed by atoms with E-state index in [0.29, 0.717) is 19.4 Å². The highest BCUT2D eigenvalue weighted by Gasteiger charge is 2.40. The van der Waals surface area contributed by atoms with Crippen LogP contribution in [0.2, 0.25) is 0 Å². The Morgan fingerprint density at radius 2 is 1.68 bits per heavy atom. The van der Waals surface area contributed by atoms with E-state index in [2.05, 4.69) is 5.32 Å². The number of carbonyl (C=O) groups is 2. The molecule has 4 aliphatic rings. The SMILES string of the molecule is C[C@@H]1Cc2cc(S(=O)(=O)N3CCC[C@@H](C(=O)NC4CCCCCC4)C3)ccc2N1C(=O)C1CC1. The van der Waals surface area contributed by atoms with Crippen LogP contribution >= 0.6 is 0 Å². The number of hydrogen-bond acceptors (Lipinski definition) is 4. The van der Waals surface area contributed by atoms with Crippen molar-refractivity contribution < 1.29 is 18.0 Å².